The van der Waals surface area contributed by atoms with E-state index in [-0.39, 0.29) is 5.82 Å². The van der Waals surface area contributed by atoms with Crippen LogP contribution < -0.4 is 0 Å². The Kier molecular flexibility index (Phi) is 2.83. The topological polar surface area (TPSA) is 36.0 Å². The smallest absolute Gasteiger partial charge is 0.123 e. The lowest BCUT2D eigenvalue weighted by Crippen LogP contribution is -2.02. The second-order valence-electron chi connectivity index (χ2n) is 3.48. The molecule has 78 valence electrons. The van der Waals surface area contributed by atoms with E-state index in [1.165, 1.54) is 12.1 Å². The van der Waals surface area contributed by atoms with Gasteiger partial charge in [0.15, 0.2) is 0 Å². The Morgan fingerprint density at radius 3 is 2.80 bits per heavy atom. The van der Waals surface area contributed by atoms with Gasteiger partial charge in [-0.1, -0.05) is 12.1 Å². The van der Waals surface area contributed by atoms with Gasteiger partial charge >= 0.3 is 0 Å². The standard InChI is InChI=1S/C12H12FNO/c13-10-4-1-3-9(7-10)8-12(15)11-5-2-6-14-11/h1-7,12,14-15H,8H2. The molecule has 2 N–H and O–H groups in total. The first-order valence-electron chi connectivity index (χ1n) is 4.81. The van der Waals surface area contributed by atoms with Gasteiger partial charge in [-0.25, -0.2) is 4.39 Å². The summed E-state index contributed by atoms with van der Waals surface area (Å²) in [4.78, 5) is 2.93. The van der Waals surface area contributed by atoms with Gasteiger partial charge in [0.05, 0.1) is 6.10 Å². The van der Waals surface area contributed by atoms with E-state index in [2.05, 4.69) is 4.98 Å². The summed E-state index contributed by atoms with van der Waals surface area (Å²) in [5.41, 5.74) is 1.54. The number of hydrogen-bond acceptors (Lipinski definition) is 1. The molecule has 0 radical (unpaired) electrons. The molecule has 2 aromatic rings. The summed E-state index contributed by atoms with van der Waals surface area (Å²) >= 11 is 0. The van der Waals surface area contributed by atoms with Crippen molar-refractivity contribution in [1.82, 2.24) is 4.98 Å². The number of nitrogens with one attached hydrogen (secondary N) is 1. The fourth-order valence-corrected chi connectivity index (χ4v) is 1.55. The molecule has 1 unspecified atom stereocenters. The zero-order chi connectivity index (χ0) is 10.7. The van der Waals surface area contributed by atoms with Crippen LogP contribution in [0.4, 0.5) is 4.39 Å². The normalized spacial score (nSPS) is 12.7. The number of aliphatic hydroxyl groups is 1. The number of hydrogen-bond donors (Lipinski definition) is 2. The Morgan fingerprint density at radius 1 is 1.27 bits per heavy atom. The summed E-state index contributed by atoms with van der Waals surface area (Å²) in [5.74, 6) is -0.272. The van der Waals surface area contributed by atoms with Gasteiger partial charge in [-0.05, 0) is 29.8 Å². The fraction of sp³-hybridized carbons (Fsp3) is 0.167. The first-order valence-corrected chi connectivity index (χ1v) is 4.81. The molecule has 0 saturated heterocycles. The van der Waals surface area contributed by atoms with E-state index in [1.54, 1.807) is 18.3 Å². The molecule has 2 nitrogen and oxygen atoms in total. The molecular weight excluding hydrogens is 193 g/mol. The molecule has 0 spiro atoms. The highest BCUT2D eigenvalue weighted by Crippen LogP contribution is 2.16. The van der Waals surface area contributed by atoms with Crippen LogP contribution in [0.2, 0.25) is 0 Å². The van der Waals surface area contributed by atoms with Crippen molar-refractivity contribution in [3.63, 3.8) is 0 Å². The molecule has 1 heterocycles. The maximum atomic E-state index is 12.9. The van der Waals surface area contributed by atoms with Gasteiger partial charge in [0.2, 0.25) is 0 Å². The van der Waals surface area contributed by atoms with Crippen LogP contribution in [-0.2, 0) is 6.42 Å². The van der Waals surface area contributed by atoms with Crippen LogP contribution in [0.5, 0.6) is 0 Å². The van der Waals surface area contributed by atoms with Crippen LogP contribution in [0.1, 0.15) is 17.4 Å². The number of aromatic amines is 1. The molecule has 0 aliphatic carbocycles. The molecule has 0 aliphatic rings. The molecule has 1 atom stereocenters. The van der Waals surface area contributed by atoms with Crippen LogP contribution in [0.15, 0.2) is 42.6 Å². The lowest BCUT2D eigenvalue weighted by Gasteiger charge is -2.08. The largest absolute Gasteiger partial charge is 0.387 e. The Balaban J connectivity index is 2.09. The molecule has 1 aromatic carbocycles. The van der Waals surface area contributed by atoms with Gasteiger partial charge in [-0.15, -0.1) is 0 Å². The Hall–Kier alpha value is -1.61. The van der Waals surface area contributed by atoms with E-state index in [0.29, 0.717) is 6.42 Å². The number of halogens is 1. The molecule has 15 heavy (non-hydrogen) atoms. The molecule has 0 saturated carbocycles. The third-order valence-corrected chi connectivity index (χ3v) is 2.30. The summed E-state index contributed by atoms with van der Waals surface area (Å²) in [6.07, 6.45) is 1.56. The monoisotopic (exact) mass is 205 g/mol. The number of aromatic nitrogens is 1. The second kappa shape index (κ2) is 4.28. The average Bonchev–Trinajstić information content (AvgIpc) is 2.70. The maximum absolute atomic E-state index is 12.9. The van der Waals surface area contributed by atoms with E-state index in [0.717, 1.165) is 11.3 Å². The van der Waals surface area contributed by atoms with Gasteiger partial charge < -0.3 is 10.1 Å². The van der Waals surface area contributed by atoms with Gasteiger partial charge in [0.1, 0.15) is 5.82 Å². The van der Waals surface area contributed by atoms with Crippen molar-refractivity contribution in [2.45, 2.75) is 12.5 Å². The van der Waals surface area contributed by atoms with Crippen molar-refractivity contribution in [1.29, 1.82) is 0 Å². The highest BCUT2D eigenvalue weighted by Gasteiger charge is 2.09. The van der Waals surface area contributed by atoms with Gasteiger partial charge in [0.25, 0.3) is 0 Å². The van der Waals surface area contributed by atoms with Crippen LogP contribution in [0, 0.1) is 5.82 Å². The lowest BCUT2D eigenvalue weighted by molar-refractivity contribution is 0.174. The predicted molar refractivity (Wildman–Crippen MR) is 55.9 cm³/mol. The third kappa shape index (κ3) is 2.44. The summed E-state index contributed by atoms with van der Waals surface area (Å²) < 4.78 is 12.9. The highest BCUT2D eigenvalue weighted by molar-refractivity contribution is 5.19. The molecule has 3 heteroatoms. The zero-order valence-electron chi connectivity index (χ0n) is 8.15. The summed E-state index contributed by atoms with van der Waals surface area (Å²) in [5, 5.41) is 9.80. The number of H-pyrrole nitrogens is 1. The minimum absolute atomic E-state index is 0.272. The first-order chi connectivity index (χ1) is 7.25. The van der Waals surface area contributed by atoms with Crippen LogP contribution >= 0.6 is 0 Å². The van der Waals surface area contributed by atoms with Gasteiger partial charge in [-0.3, -0.25) is 0 Å². The van der Waals surface area contributed by atoms with Crippen LogP contribution in [0.3, 0.4) is 0 Å². The minimum atomic E-state index is -0.609. The van der Waals surface area contributed by atoms with Crippen LogP contribution in [-0.4, -0.2) is 10.1 Å². The fourth-order valence-electron chi connectivity index (χ4n) is 1.55. The molecule has 0 fully saturated rings. The van der Waals surface area contributed by atoms with Gasteiger partial charge in [-0.2, -0.15) is 0 Å². The van der Waals surface area contributed by atoms with E-state index >= 15 is 0 Å². The summed E-state index contributed by atoms with van der Waals surface area (Å²) in [6, 6.07) is 9.91. The van der Waals surface area contributed by atoms with E-state index in [4.69, 9.17) is 0 Å². The molecule has 0 amide bonds. The number of benzene rings is 1. The average molecular weight is 205 g/mol. The van der Waals surface area contributed by atoms with Crippen molar-refractivity contribution < 1.29 is 9.50 Å². The SMILES string of the molecule is OC(Cc1cccc(F)c1)c1ccc[nH]1. The first kappa shape index (κ1) is 9.93. The van der Waals surface area contributed by atoms with E-state index in [1.807, 2.05) is 12.1 Å². The summed E-state index contributed by atoms with van der Waals surface area (Å²) in [6.45, 7) is 0. The minimum Gasteiger partial charge on any atom is -0.387 e. The van der Waals surface area contributed by atoms with E-state index in [9.17, 15) is 9.50 Å². The number of rotatable bonds is 3. The second-order valence-corrected chi connectivity index (χ2v) is 3.48. The van der Waals surface area contributed by atoms with E-state index < -0.39 is 6.10 Å². The highest BCUT2D eigenvalue weighted by atomic mass is 19.1. The third-order valence-electron chi connectivity index (χ3n) is 2.30. The van der Waals surface area contributed by atoms with Crippen molar-refractivity contribution in [3.8, 4) is 0 Å². The lowest BCUT2D eigenvalue weighted by atomic mass is 10.1. The van der Waals surface area contributed by atoms with Crippen molar-refractivity contribution in [2.75, 3.05) is 0 Å². The number of aliphatic hydroxyl groups excluding tert-OH is 1. The van der Waals surface area contributed by atoms with Gasteiger partial charge in [0, 0.05) is 18.3 Å². The molecule has 2 rings (SSSR count). The molecule has 0 bridgehead atoms. The Bertz CT molecular complexity index is 425. The summed E-state index contributed by atoms with van der Waals surface area (Å²) in [7, 11) is 0. The molecular formula is C12H12FNO. The van der Waals surface area contributed by atoms with Crippen molar-refractivity contribution in [3.05, 3.63) is 59.7 Å². The van der Waals surface area contributed by atoms with Crippen molar-refractivity contribution in [2.24, 2.45) is 0 Å². The predicted octanol–water partition coefficient (Wildman–Crippen LogP) is 2.43. The Labute approximate surface area is 87.4 Å². The molecule has 0 aliphatic heterocycles. The van der Waals surface area contributed by atoms with Crippen LogP contribution in [0.25, 0.3) is 0 Å². The Morgan fingerprint density at radius 2 is 2.13 bits per heavy atom. The maximum Gasteiger partial charge on any atom is 0.123 e. The quantitative estimate of drug-likeness (QED) is 0.793. The molecule has 1 aromatic heterocycles. The van der Waals surface area contributed by atoms with Crippen molar-refractivity contribution >= 4 is 0 Å². The zero-order valence-corrected chi connectivity index (χ0v) is 8.15.